The summed E-state index contributed by atoms with van der Waals surface area (Å²) in [5.74, 6) is 0.462. The molecule has 2 aromatic rings. The van der Waals surface area contributed by atoms with Gasteiger partial charge in [-0.3, -0.25) is 9.59 Å². The maximum absolute atomic E-state index is 12.2. The summed E-state index contributed by atoms with van der Waals surface area (Å²) in [5, 5.41) is 5.71. The second-order valence-electron chi connectivity index (χ2n) is 6.00. The summed E-state index contributed by atoms with van der Waals surface area (Å²) in [5.41, 5.74) is 4.55. The van der Waals surface area contributed by atoms with E-state index in [0.29, 0.717) is 24.5 Å². The van der Waals surface area contributed by atoms with Crippen LogP contribution in [0.4, 0.5) is 11.4 Å². The molecule has 1 aliphatic rings. The van der Waals surface area contributed by atoms with E-state index in [9.17, 15) is 9.59 Å². The lowest BCUT2D eigenvalue weighted by Gasteiger charge is -2.10. The molecule has 0 fully saturated rings. The Kier molecular flexibility index (Phi) is 4.51. The molecule has 5 heteroatoms. The van der Waals surface area contributed by atoms with Crippen LogP contribution in [0.25, 0.3) is 0 Å². The fourth-order valence-electron chi connectivity index (χ4n) is 2.59. The number of hydrogen-bond acceptors (Lipinski definition) is 3. The highest BCUT2D eigenvalue weighted by Crippen LogP contribution is 2.28. The van der Waals surface area contributed by atoms with Crippen LogP contribution in [0.3, 0.4) is 0 Å². The SMILES string of the molecule is Cc1ccc(NC(=O)Cc2ccc3c(c2)NC(=O)CCO3)cc1C. The minimum absolute atomic E-state index is 0.0783. The van der Waals surface area contributed by atoms with Crippen molar-refractivity contribution in [1.29, 1.82) is 0 Å². The van der Waals surface area contributed by atoms with Gasteiger partial charge in [0.2, 0.25) is 11.8 Å². The highest BCUT2D eigenvalue weighted by atomic mass is 16.5. The number of hydrogen-bond donors (Lipinski definition) is 2. The number of nitrogens with one attached hydrogen (secondary N) is 2. The summed E-state index contributed by atoms with van der Waals surface area (Å²) in [7, 11) is 0. The summed E-state index contributed by atoms with van der Waals surface area (Å²) in [6.45, 7) is 4.42. The van der Waals surface area contributed by atoms with E-state index in [0.717, 1.165) is 16.8 Å². The van der Waals surface area contributed by atoms with Gasteiger partial charge in [0.1, 0.15) is 5.75 Å². The number of rotatable bonds is 3. The van der Waals surface area contributed by atoms with E-state index in [4.69, 9.17) is 4.74 Å². The second kappa shape index (κ2) is 6.74. The van der Waals surface area contributed by atoms with Crippen LogP contribution in [0, 0.1) is 13.8 Å². The number of carbonyl (C=O) groups is 2. The van der Waals surface area contributed by atoms with E-state index in [1.54, 1.807) is 12.1 Å². The first-order chi connectivity index (χ1) is 11.5. The fraction of sp³-hybridized carbons (Fsp3) is 0.263. The van der Waals surface area contributed by atoms with Gasteiger partial charge in [-0.1, -0.05) is 12.1 Å². The van der Waals surface area contributed by atoms with Gasteiger partial charge in [0.05, 0.1) is 25.1 Å². The molecule has 0 atom stereocenters. The number of aryl methyl sites for hydroxylation is 2. The molecule has 3 rings (SSSR count). The first kappa shape index (κ1) is 16.1. The number of anilines is 2. The average Bonchev–Trinajstić information content (AvgIpc) is 2.71. The lowest BCUT2D eigenvalue weighted by molar-refractivity contribution is -0.116. The van der Waals surface area contributed by atoms with Crippen molar-refractivity contribution in [2.75, 3.05) is 17.2 Å². The zero-order valence-electron chi connectivity index (χ0n) is 13.8. The van der Waals surface area contributed by atoms with E-state index in [2.05, 4.69) is 10.6 Å². The molecule has 0 saturated carbocycles. The highest BCUT2D eigenvalue weighted by molar-refractivity contribution is 5.94. The molecule has 124 valence electrons. The van der Waals surface area contributed by atoms with Crippen molar-refractivity contribution in [3.05, 3.63) is 53.1 Å². The third kappa shape index (κ3) is 3.74. The predicted molar refractivity (Wildman–Crippen MR) is 93.4 cm³/mol. The summed E-state index contributed by atoms with van der Waals surface area (Å²) in [4.78, 5) is 23.9. The molecule has 0 aliphatic carbocycles. The molecular weight excluding hydrogens is 304 g/mol. The van der Waals surface area contributed by atoms with Gasteiger partial charge < -0.3 is 15.4 Å². The standard InChI is InChI=1S/C19H20N2O3/c1-12-3-5-15(9-13(12)2)20-19(23)11-14-4-6-17-16(10-14)21-18(22)7-8-24-17/h3-6,9-10H,7-8,11H2,1-2H3,(H,20,23)(H,21,22). The molecule has 2 amide bonds. The van der Waals surface area contributed by atoms with Gasteiger partial charge in [0.25, 0.3) is 0 Å². The van der Waals surface area contributed by atoms with Gasteiger partial charge in [-0.15, -0.1) is 0 Å². The lowest BCUT2D eigenvalue weighted by Crippen LogP contribution is -2.15. The van der Waals surface area contributed by atoms with Crippen LogP contribution in [0.2, 0.25) is 0 Å². The monoisotopic (exact) mass is 324 g/mol. The van der Waals surface area contributed by atoms with Crippen LogP contribution < -0.4 is 15.4 Å². The third-order valence-corrected chi connectivity index (χ3v) is 4.06. The van der Waals surface area contributed by atoms with Crippen LogP contribution in [0.1, 0.15) is 23.1 Å². The van der Waals surface area contributed by atoms with Gasteiger partial charge in [-0.25, -0.2) is 0 Å². The van der Waals surface area contributed by atoms with Gasteiger partial charge >= 0.3 is 0 Å². The minimum Gasteiger partial charge on any atom is -0.491 e. The number of carbonyl (C=O) groups excluding carboxylic acids is 2. The number of benzene rings is 2. The maximum atomic E-state index is 12.2. The van der Waals surface area contributed by atoms with Crippen molar-refractivity contribution >= 4 is 23.2 Å². The molecule has 0 bridgehead atoms. The van der Waals surface area contributed by atoms with Crippen molar-refractivity contribution < 1.29 is 14.3 Å². The van der Waals surface area contributed by atoms with Crippen molar-refractivity contribution in [2.24, 2.45) is 0 Å². The predicted octanol–water partition coefficient (Wildman–Crippen LogP) is 3.21. The summed E-state index contributed by atoms with van der Waals surface area (Å²) in [6, 6.07) is 11.3. The molecule has 0 saturated heterocycles. The largest absolute Gasteiger partial charge is 0.491 e. The van der Waals surface area contributed by atoms with Crippen LogP contribution in [0.15, 0.2) is 36.4 Å². The van der Waals surface area contributed by atoms with Crippen LogP contribution in [-0.2, 0) is 16.0 Å². The Labute approximate surface area is 141 Å². The average molecular weight is 324 g/mol. The first-order valence-electron chi connectivity index (χ1n) is 7.94. The van der Waals surface area contributed by atoms with Crippen molar-refractivity contribution in [3.63, 3.8) is 0 Å². The Morgan fingerprint density at radius 3 is 2.79 bits per heavy atom. The van der Waals surface area contributed by atoms with Gasteiger partial charge in [0.15, 0.2) is 0 Å². The van der Waals surface area contributed by atoms with E-state index in [1.165, 1.54) is 5.56 Å². The number of amides is 2. The Bertz CT molecular complexity index is 799. The molecule has 1 heterocycles. The zero-order valence-corrected chi connectivity index (χ0v) is 13.8. The Balaban J connectivity index is 1.70. The van der Waals surface area contributed by atoms with Gasteiger partial charge in [-0.2, -0.15) is 0 Å². The van der Waals surface area contributed by atoms with E-state index >= 15 is 0 Å². The Morgan fingerprint density at radius 1 is 1.17 bits per heavy atom. The topological polar surface area (TPSA) is 67.4 Å². The number of ether oxygens (including phenoxy) is 1. The van der Waals surface area contributed by atoms with E-state index in [1.807, 2.05) is 38.1 Å². The molecule has 1 aliphatic heterocycles. The van der Waals surface area contributed by atoms with Crippen molar-refractivity contribution in [1.82, 2.24) is 0 Å². The molecular formula is C19H20N2O3. The van der Waals surface area contributed by atoms with Crippen molar-refractivity contribution in [3.8, 4) is 5.75 Å². The zero-order chi connectivity index (χ0) is 17.1. The molecule has 0 spiro atoms. The molecule has 0 aromatic heterocycles. The number of fused-ring (bicyclic) bond motifs is 1. The quantitative estimate of drug-likeness (QED) is 0.911. The Hall–Kier alpha value is -2.82. The van der Waals surface area contributed by atoms with Crippen LogP contribution in [0.5, 0.6) is 5.75 Å². The first-order valence-corrected chi connectivity index (χ1v) is 7.94. The minimum atomic E-state index is -0.0981. The van der Waals surface area contributed by atoms with E-state index < -0.39 is 0 Å². The smallest absolute Gasteiger partial charge is 0.228 e. The molecule has 0 radical (unpaired) electrons. The molecule has 5 nitrogen and oxygen atoms in total. The molecule has 2 aromatic carbocycles. The second-order valence-corrected chi connectivity index (χ2v) is 6.00. The summed E-state index contributed by atoms with van der Waals surface area (Å²) >= 11 is 0. The normalized spacial score (nSPS) is 13.3. The van der Waals surface area contributed by atoms with Crippen LogP contribution >= 0.6 is 0 Å². The van der Waals surface area contributed by atoms with E-state index in [-0.39, 0.29) is 18.2 Å². The van der Waals surface area contributed by atoms with Crippen molar-refractivity contribution in [2.45, 2.75) is 26.7 Å². The fourth-order valence-corrected chi connectivity index (χ4v) is 2.59. The Morgan fingerprint density at radius 2 is 2.00 bits per heavy atom. The summed E-state index contributed by atoms with van der Waals surface area (Å²) in [6.07, 6.45) is 0.563. The van der Waals surface area contributed by atoms with Crippen LogP contribution in [-0.4, -0.2) is 18.4 Å². The summed E-state index contributed by atoms with van der Waals surface area (Å²) < 4.78 is 5.51. The third-order valence-electron chi connectivity index (χ3n) is 4.06. The molecule has 2 N–H and O–H groups in total. The molecule has 0 unspecified atom stereocenters. The van der Waals surface area contributed by atoms with Gasteiger partial charge in [-0.05, 0) is 54.8 Å². The van der Waals surface area contributed by atoms with Gasteiger partial charge in [0, 0.05) is 5.69 Å². The molecule has 24 heavy (non-hydrogen) atoms. The highest BCUT2D eigenvalue weighted by Gasteiger charge is 2.15. The lowest BCUT2D eigenvalue weighted by atomic mass is 10.1. The maximum Gasteiger partial charge on any atom is 0.228 e.